The monoisotopic (exact) mass is 427 g/mol. The van der Waals surface area contributed by atoms with Crippen LogP contribution < -0.4 is 5.32 Å². The van der Waals surface area contributed by atoms with E-state index >= 15 is 0 Å². The number of anilines is 1. The van der Waals surface area contributed by atoms with Gasteiger partial charge in [-0.05, 0) is 62.3 Å². The van der Waals surface area contributed by atoms with Gasteiger partial charge in [0.05, 0.1) is 13.5 Å². The number of hydrogen-bond donors (Lipinski definition) is 1. The molecular weight excluding hydrogens is 386 g/mol. The van der Waals surface area contributed by atoms with Crippen LogP contribution >= 0.6 is 0 Å². The van der Waals surface area contributed by atoms with Crippen LogP contribution in [0.25, 0.3) is 0 Å². The van der Waals surface area contributed by atoms with Gasteiger partial charge in [0.25, 0.3) is 0 Å². The fourth-order valence-corrected chi connectivity index (χ4v) is 4.18. The number of methoxy groups -OCH3 is 1. The molecule has 0 saturated heterocycles. The van der Waals surface area contributed by atoms with Crippen molar-refractivity contribution in [3.63, 3.8) is 0 Å². The summed E-state index contributed by atoms with van der Waals surface area (Å²) in [5, 5.41) is 3.43. The lowest BCUT2D eigenvalue weighted by Crippen LogP contribution is -2.06. The van der Waals surface area contributed by atoms with E-state index in [9.17, 15) is 9.59 Å². The number of ketones is 1. The highest BCUT2D eigenvalue weighted by Crippen LogP contribution is 2.25. The molecule has 1 N–H and O–H groups in total. The third-order valence-corrected chi connectivity index (χ3v) is 6.18. The van der Waals surface area contributed by atoms with Crippen LogP contribution in [0.15, 0.2) is 36.4 Å². The molecule has 0 amide bonds. The SMILES string of the molecule is COC(=O)CCC(=O)c1ccc(NCCCCCCCCC/C=C/C2CCCC2)cc1. The number of benzene rings is 1. The number of carbonyl (C=O) groups is 2. The fourth-order valence-electron chi connectivity index (χ4n) is 4.18. The summed E-state index contributed by atoms with van der Waals surface area (Å²) in [7, 11) is 1.34. The Morgan fingerprint density at radius 1 is 0.935 bits per heavy atom. The highest BCUT2D eigenvalue weighted by Gasteiger charge is 2.11. The Morgan fingerprint density at radius 3 is 2.26 bits per heavy atom. The van der Waals surface area contributed by atoms with Gasteiger partial charge in [-0.3, -0.25) is 9.59 Å². The minimum absolute atomic E-state index is 0.0261. The molecule has 0 aromatic heterocycles. The Hall–Kier alpha value is -2.10. The maximum atomic E-state index is 12.1. The van der Waals surface area contributed by atoms with Crippen molar-refractivity contribution in [3.05, 3.63) is 42.0 Å². The molecule has 1 fully saturated rings. The number of esters is 1. The number of Topliss-reactive ketones (excluding diaryl/α,β-unsaturated/α-hetero) is 1. The fraction of sp³-hybridized carbons (Fsp3) is 0.630. The summed E-state index contributed by atoms with van der Waals surface area (Å²) in [6, 6.07) is 7.52. The van der Waals surface area contributed by atoms with Crippen LogP contribution in [0, 0.1) is 5.92 Å². The Morgan fingerprint density at radius 2 is 1.58 bits per heavy atom. The van der Waals surface area contributed by atoms with Crippen molar-refractivity contribution in [2.75, 3.05) is 19.0 Å². The van der Waals surface area contributed by atoms with E-state index in [1.54, 1.807) is 0 Å². The molecule has 4 nitrogen and oxygen atoms in total. The number of rotatable bonds is 16. The van der Waals surface area contributed by atoms with Crippen LogP contribution in [0.3, 0.4) is 0 Å². The minimum Gasteiger partial charge on any atom is -0.469 e. The van der Waals surface area contributed by atoms with Crippen molar-refractivity contribution in [2.24, 2.45) is 5.92 Å². The molecule has 1 saturated carbocycles. The van der Waals surface area contributed by atoms with Crippen LogP contribution in [-0.2, 0) is 9.53 Å². The van der Waals surface area contributed by atoms with Gasteiger partial charge >= 0.3 is 5.97 Å². The maximum Gasteiger partial charge on any atom is 0.305 e. The van der Waals surface area contributed by atoms with Crippen molar-refractivity contribution in [3.8, 4) is 0 Å². The first-order chi connectivity index (χ1) is 15.2. The molecule has 4 heteroatoms. The first-order valence-corrected chi connectivity index (χ1v) is 12.3. The molecule has 0 aliphatic heterocycles. The van der Waals surface area contributed by atoms with Gasteiger partial charge in [0, 0.05) is 24.2 Å². The molecule has 1 aliphatic rings. The summed E-state index contributed by atoms with van der Waals surface area (Å²) in [6.45, 7) is 0.960. The van der Waals surface area contributed by atoms with E-state index in [0.717, 1.165) is 18.2 Å². The van der Waals surface area contributed by atoms with Crippen molar-refractivity contribution < 1.29 is 14.3 Å². The highest BCUT2D eigenvalue weighted by atomic mass is 16.5. The summed E-state index contributed by atoms with van der Waals surface area (Å²) in [5.41, 5.74) is 1.68. The largest absolute Gasteiger partial charge is 0.469 e. The van der Waals surface area contributed by atoms with Gasteiger partial charge in [-0.25, -0.2) is 0 Å². The van der Waals surface area contributed by atoms with E-state index in [1.807, 2.05) is 24.3 Å². The van der Waals surface area contributed by atoms with E-state index in [0.29, 0.717) is 5.56 Å². The molecule has 0 spiro atoms. The number of carbonyl (C=O) groups excluding carboxylic acids is 2. The number of allylic oxidation sites excluding steroid dienone is 2. The smallest absolute Gasteiger partial charge is 0.305 e. The Labute approximate surface area is 188 Å². The van der Waals surface area contributed by atoms with Gasteiger partial charge in [0.15, 0.2) is 5.78 Å². The maximum absolute atomic E-state index is 12.1. The Kier molecular flexibility index (Phi) is 12.7. The molecule has 1 aromatic carbocycles. The summed E-state index contributed by atoms with van der Waals surface area (Å²) in [6.07, 6.45) is 21.3. The Balaban J connectivity index is 1.43. The predicted molar refractivity (Wildman–Crippen MR) is 129 cm³/mol. The lowest BCUT2D eigenvalue weighted by Gasteiger charge is -2.07. The lowest BCUT2D eigenvalue weighted by atomic mass is 10.1. The van der Waals surface area contributed by atoms with Crippen molar-refractivity contribution in [2.45, 2.75) is 89.9 Å². The average molecular weight is 428 g/mol. The quantitative estimate of drug-likeness (QED) is 0.132. The summed E-state index contributed by atoms with van der Waals surface area (Å²) < 4.78 is 4.57. The van der Waals surface area contributed by atoms with Crippen LogP contribution in [0.4, 0.5) is 5.69 Å². The second-order valence-corrected chi connectivity index (χ2v) is 8.74. The number of unbranched alkanes of at least 4 members (excludes halogenated alkanes) is 7. The summed E-state index contributed by atoms with van der Waals surface area (Å²) in [4.78, 5) is 23.2. The molecule has 2 rings (SSSR count). The molecule has 0 unspecified atom stereocenters. The predicted octanol–water partition coefficient (Wildman–Crippen LogP) is 7.10. The standard InChI is InChI=1S/C27H41NO3/c1-31-27(30)21-20-26(29)24-16-18-25(19-17-24)28-22-12-8-6-4-2-3-5-7-9-13-23-14-10-11-15-23/h9,13,16-19,23,28H,2-8,10-12,14-15,20-22H2,1H3/b13-9+. The zero-order valence-corrected chi connectivity index (χ0v) is 19.4. The number of nitrogens with one attached hydrogen (secondary N) is 1. The van der Waals surface area contributed by atoms with Crippen LogP contribution in [-0.4, -0.2) is 25.4 Å². The highest BCUT2D eigenvalue weighted by molar-refractivity contribution is 5.97. The van der Waals surface area contributed by atoms with Crippen molar-refractivity contribution in [1.82, 2.24) is 0 Å². The molecule has 1 aliphatic carbocycles. The van der Waals surface area contributed by atoms with Crippen LogP contribution in [0.5, 0.6) is 0 Å². The van der Waals surface area contributed by atoms with Gasteiger partial charge in [0.2, 0.25) is 0 Å². The van der Waals surface area contributed by atoms with Gasteiger partial charge < -0.3 is 10.1 Å². The van der Waals surface area contributed by atoms with E-state index in [2.05, 4.69) is 22.2 Å². The van der Waals surface area contributed by atoms with Crippen molar-refractivity contribution in [1.29, 1.82) is 0 Å². The normalized spacial score (nSPS) is 14.2. The number of ether oxygens (including phenoxy) is 1. The van der Waals surface area contributed by atoms with E-state index in [-0.39, 0.29) is 24.6 Å². The number of hydrogen-bond acceptors (Lipinski definition) is 4. The average Bonchev–Trinajstić information content (AvgIpc) is 3.32. The molecule has 0 bridgehead atoms. The second-order valence-electron chi connectivity index (χ2n) is 8.74. The first-order valence-electron chi connectivity index (χ1n) is 12.3. The van der Waals surface area contributed by atoms with E-state index < -0.39 is 0 Å². The molecule has 0 atom stereocenters. The topological polar surface area (TPSA) is 55.4 Å². The zero-order valence-electron chi connectivity index (χ0n) is 19.4. The van der Waals surface area contributed by atoms with Gasteiger partial charge in [-0.1, -0.05) is 57.1 Å². The van der Waals surface area contributed by atoms with Gasteiger partial charge in [-0.2, -0.15) is 0 Å². The molecule has 0 heterocycles. The first kappa shape index (κ1) is 25.2. The molecule has 1 aromatic rings. The summed E-state index contributed by atoms with van der Waals surface area (Å²) in [5.74, 6) is 0.507. The Bertz CT molecular complexity index is 660. The molecule has 0 radical (unpaired) electrons. The molecular formula is C27H41NO3. The van der Waals surface area contributed by atoms with Crippen molar-refractivity contribution >= 4 is 17.4 Å². The third kappa shape index (κ3) is 11.2. The van der Waals surface area contributed by atoms with E-state index in [4.69, 9.17) is 0 Å². The summed E-state index contributed by atoms with van der Waals surface area (Å²) >= 11 is 0. The zero-order chi connectivity index (χ0) is 22.2. The van der Waals surface area contributed by atoms with Gasteiger partial charge in [0.1, 0.15) is 0 Å². The van der Waals surface area contributed by atoms with Crippen LogP contribution in [0.2, 0.25) is 0 Å². The molecule has 31 heavy (non-hydrogen) atoms. The van der Waals surface area contributed by atoms with Crippen LogP contribution in [0.1, 0.15) is 100 Å². The second kappa shape index (κ2) is 15.7. The van der Waals surface area contributed by atoms with Gasteiger partial charge in [-0.15, -0.1) is 0 Å². The lowest BCUT2D eigenvalue weighted by molar-refractivity contribution is -0.140. The molecule has 172 valence electrons. The third-order valence-electron chi connectivity index (χ3n) is 6.18. The van der Waals surface area contributed by atoms with E-state index in [1.165, 1.54) is 84.2 Å². The minimum atomic E-state index is -0.349.